The van der Waals surface area contributed by atoms with Crippen LogP contribution in [0.1, 0.15) is 6.17 Å². The predicted molar refractivity (Wildman–Crippen MR) is 95.7 cm³/mol. The van der Waals surface area contributed by atoms with Crippen molar-refractivity contribution in [3.05, 3.63) is 72.6 Å². The van der Waals surface area contributed by atoms with Gasteiger partial charge in [-0.3, -0.25) is 4.98 Å². The maximum absolute atomic E-state index is 13.3. The van der Waals surface area contributed by atoms with Crippen molar-refractivity contribution >= 4 is 6.34 Å². The van der Waals surface area contributed by atoms with E-state index in [4.69, 9.17) is 0 Å². The Bertz CT molecular complexity index is 1040. The van der Waals surface area contributed by atoms with E-state index >= 15 is 0 Å². The lowest BCUT2D eigenvalue weighted by Gasteiger charge is -2.19. The van der Waals surface area contributed by atoms with Gasteiger partial charge in [0.15, 0.2) is 6.17 Å². The van der Waals surface area contributed by atoms with Crippen LogP contribution < -0.4 is 5.32 Å². The lowest BCUT2D eigenvalue weighted by atomic mass is 10.0. The molecule has 1 aliphatic heterocycles. The van der Waals surface area contributed by atoms with E-state index in [2.05, 4.69) is 20.4 Å². The van der Waals surface area contributed by atoms with E-state index < -0.39 is 23.9 Å². The van der Waals surface area contributed by atoms with Gasteiger partial charge in [0.2, 0.25) is 0 Å². The van der Waals surface area contributed by atoms with Crippen LogP contribution in [0.15, 0.2) is 71.8 Å². The average molecular weight is 387 g/mol. The fraction of sp³-hybridized carbons (Fsp3) is 0.105. The Hall–Kier alpha value is -3.49. The topological polar surface area (TPSA) is 55.1 Å². The molecule has 1 aliphatic rings. The lowest BCUT2D eigenvalue weighted by Crippen LogP contribution is -2.29. The summed E-state index contributed by atoms with van der Waals surface area (Å²) in [5, 5.41) is 6.55. The molecule has 28 heavy (non-hydrogen) atoms. The van der Waals surface area contributed by atoms with Crippen molar-refractivity contribution in [3.8, 4) is 22.4 Å². The second-order valence-electron chi connectivity index (χ2n) is 6.03. The molecule has 0 spiro atoms. The van der Waals surface area contributed by atoms with Crippen LogP contribution in [0, 0.1) is 5.82 Å². The van der Waals surface area contributed by atoms with Crippen LogP contribution in [-0.4, -0.2) is 27.3 Å². The Morgan fingerprint density at radius 2 is 1.68 bits per heavy atom. The summed E-state index contributed by atoms with van der Waals surface area (Å²) in [5.74, 6) is -0.394. The van der Waals surface area contributed by atoms with Gasteiger partial charge < -0.3 is 5.32 Å². The second-order valence-corrected chi connectivity index (χ2v) is 6.03. The summed E-state index contributed by atoms with van der Waals surface area (Å²) in [5.41, 5.74) is 1.67. The van der Waals surface area contributed by atoms with Crippen molar-refractivity contribution in [2.24, 2.45) is 4.99 Å². The smallest absolute Gasteiger partial charge is 0.343 e. The zero-order valence-electron chi connectivity index (χ0n) is 14.2. The highest BCUT2D eigenvalue weighted by molar-refractivity contribution is 5.80. The van der Waals surface area contributed by atoms with Gasteiger partial charge >= 0.3 is 6.18 Å². The summed E-state index contributed by atoms with van der Waals surface area (Å²) in [7, 11) is 0. The number of alkyl halides is 3. The molecule has 3 aromatic rings. The molecule has 1 N–H and O–H groups in total. The van der Waals surface area contributed by atoms with Crippen LogP contribution in [0.2, 0.25) is 0 Å². The Kier molecular flexibility index (Phi) is 4.42. The van der Waals surface area contributed by atoms with E-state index in [1.807, 2.05) is 0 Å². The maximum atomic E-state index is 13.3. The van der Waals surface area contributed by atoms with Gasteiger partial charge in [-0.05, 0) is 48.0 Å². The minimum absolute atomic E-state index is 0.394. The molecule has 0 saturated carbocycles. The fourth-order valence-electron chi connectivity index (χ4n) is 2.84. The molecule has 1 aromatic carbocycles. The van der Waals surface area contributed by atoms with Crippen LogP contribution >= 0.6 is 0 Å². The minimum Gasteiger partial charge on any atom is -0.343 e. The highest BCUT2D eigenvalue weighted by Gasteiger charge is 2.35. The largest absolute Gasteiger partial charge is 0.431 e. The third kappa shape index (κ3) is 3.51. The van der Waals surface area contributed by atoms with Crippen LogP contribution in [0.25, 0.3) is 22.4 Å². The minimum atomic E-state index is -4.52. The van der Waals surface area contributed by atoms with Gasteiger partial charge in [-0.15, -0.1) is 0 Å². The zero-order valence-corrected chi connectivity index (χ0v) is 14.2. The van der Waals surface area contributed by atoms with E-state index in [0.29, 0.717) is 16.8 Å². The summed E-state index contributed by atoms with van der Waals surface area (Å²) >= 11 is 0. The zero-order chi connectivity index (χ0) is 19.7. The average Bonchev–Trinajstić information content (AvgIpc) is 3.14. The number of pyridine rings is 1. The summed E-state index contributed by atoms with van der Waals surface area (Å²) in [6, 6.07) is 9.25. The van der Waals surface area contributed by atoms with Gasteiger partial charge in [-0.25, -0.2) is 14.1 Å². The second kappa shape index (κ2) is 6.91. The van der Waals surface area contributed by atoms with Gasteiger partial charge in [0.25, 0.3) is 0 Å². The number of rotatable bonds is 3. The molecule has 0 saturated heterocycles. The predicted octanol–water partition coefficient (Wildman–Crippen LogP) is 4.33. The molecule has 0 radical (unpaired) electrons. The Labute approximate surface area is 157 Å². The van der Waals surface area contributed by atoms with Gasteiger partial charge in [0.05, 0.1) is 6.34 Å². The number of hydrogen-bond acceptors (Lipinski definition) is 4. The molecular formula is C19H13F4N5. The number of nitrogens with one attached hydrogen (secondary N) is 1. The number of nitrogens with zero attached hydrogens (tertiary/aromatic N) is 4. The summed E-state index contributed by atoms with van der Waals surface area (Å²) < 4.78 is 53.7. The Morgan fingerprint density at radius 3 is 2.36 bits per heavy atom. The number of hydrogen-bond donors (Lipinski definition) is 1. The number of aliphatic imine (C=N–C) groups is 1. The quantitative estimate of drug-likeness (QED) is 0.681. The standard InChI is InChI=1S/C19H13F4N5/c20-14-3-1-13(2-4-14)18-15(12-5-7-24-8-6-12)10-28(27-18)17-9-16(19(21,22)23)25-11-26-17/h1-11,17H,(H,25,26). The molecule has 4 rings (SSSR count). The molecule has 2 aromatic heterocycles. The Morgan fingerprint density at radius 1 is 0.964 bits per heavy atom. The molecule has 0 bridgehead atoms. The molecule has 9 heteroatoms. The monoisotopic (exact) mass is 387 g/mol. The van der Waals surface area contributed by atoms with Crippen molar-refractivity contribution < 1.29 is 17.6 Å². The normalized spacial score (nSPS) is 16.6. The third-order valence-corrected chi connectivity index (χ3v) is 4.18. The molecule has 1 atom stereocenters. The summed E-state index contributed by atoms with van der Waals surface area (Å²) in [6.07, 6.45) is 1.29. The third-order valence-electron chi connectivity index (χ3n) is 4.18. The van der Waals surface area contributed by atoms with Crippen LogP contribution in [0.3, 0.4) is 0 Å². The first-order chi connectivity index (χ1) is 13.4. The first kappa shape index (κ1) is 17.9. The van der Waals surface area contributed by atoms with Crippen LogP contribution in [0.5, 0.6) is 0 Å². The first-order valence-corrected chi connectivity index (χ1v) is 8.24. The molecule has 0 aliphatic carbocycles. The van der Waals surface area contributed by atoms with Gasteiger partial charge in [0.1, 0.15) is 17.2 Å². The van der Waals surface area contributed by atoms with E-state index in [1.54, 1.807) is 42.9 Å². The van der Waals surface area contributed by atoms with E-state index in [-0.39, 0.29) is 0 Å². The van der Waals surface area contributed by atoms with Crippen LogP contribution in [0.4, 0.5) is 17.6 Å². The SMILES string of the molecule is Fc1ccc(-c2nn(C3C=C(C(F)(F)F)NC=N3)cc2-c2ccncc2)cc1. The molecule has 142 valence electrons. The van der Waals surface area contributed by atoms with Gasteiger partial charge in [-0.2, -0.15) is 18.3 Å². The number of benzene rings is 1. The van der Waals surface area contributed by atoms with Crippen molar-refractivity contribution in [2.75, 3.05) is 0 Å². The van der Waals surface area contributed by atoms with Crippen molar-refractivity contribution in [1.82, 2.24) is 20.1 Å². The molecular weight excluding hydrogens is 374 g/mol. The van der Waals surface area contributed by atoms with Gasteiger partial charge in [0, 0.05) is 29.7 Å². The molecule has 0 fully saturated rings. The molecule has 1 unspecified atom stereocenters. The van der Waals surface area contributed by atoms with E-state index in [0.717, 1.165) is 18.0 Å². The number of aromatic nitrogens is 3. The molecule has 0 amide bonds. The van der Waals surface area contributed by atoms with E-state index in [9.17, 15) is 17.6 Å². The summed E-state index contributed by atoms with van der Waals surface area (Å²) in [6.45, 7) is 0. The Balaban J connectivity index is 1.82. The molecule has 3 heterocycles. The maximum Gasteiger partial charge on any atom is 0.431 e. The van der Waals surface area contributed by atoms with Crippen molar-refractivity contribution in [2.45, 2.75) is 12.3 Å². The van der Waals surface area contributed by atoms with Gasteiger partial charge in [-0.1, -0.05) is 0 Å². The lowest BCUT2D eigenvalue weighted by molar-refractivity contribution is -0.0955. The highest BCUT2D eigenvalue weighted by atomic mass is 19.4. The van der Waals surface area contributed by atoms with Crippen molar-refractivity contribution in [1.29, 1.82) is 0 Å². The first-order valence-electron chi connectivity index (χ1n) is 8.24. The fourth-order valence-corrected chi connectivity index (χ4v) is 2.84. The number of allylic oxidation sites excluding steroid dienone is 1. The summed E-state index contributed by atoms with van der Waals surface area (Å²) in [4.78, 5) is 8.01. The van der Waals surface area contributed by atoms with E-state index in [1.165, 1.54) is 16.8 Å². The highest BCUT2D eigenvalue weighted by Crippen LogP contribution is 2.33. The van der Waals surface area contributed by atoms with Crippen molar-refractivity contribution in [3.63, 3.8) is 0 Å². The molecule has 5 nitrogen and oxygen atoms in total. The number of halogens is 4. The van der Waals surface area contributed by atoms with Crippen LogP contribution in [-0.2, 0) is 0 Å².